The first-order chi connectivity index (χ1) is 10.1. The smallest absolute Gasteiger partial charge is 0.264 e. The van der Waals surface area contributed by atoms with Crippen LogP contribution in [0.5, 0.6) is 0 Å². The van der Waals surface area contributed by atoms with Crippen molar-refractivity contribution in [2.24, 2.45) is 0 Å². The van der Waals surface area contributed by atoms with Gasteiger partial charge in [-0.1, -0.05) is 15.9 Å². The summed E-state index contributed by atoms with van der Waals surface area (Å²) in [4.78, 5) is 12.9. The van der Waals surface area contributed by atoms with Gasteiger partial charge in [0, 0.05) is 14.6 Å². The number of fused-ring (bicyclic) bond motifs is 1. The Morgan fingerprint density at radius 2 is 2.24 bits per heavy atom. The third kappa shape index (κ3) is 2.69. The van der Waals surface area contributed by atoms with Gasteiger partial charge in [0.15, 0.2) is 0 Å². The van der Waals surface area contributed by atoms with E-state index in [1.54, 1.807) is 12.3 Å². The van der Waals surface area contributed by atoms with Crippen LogP contribution in [0.25, 0.3) is 10.1 Å². The molecule has 21 heavy (non-hydrogen) atoms. The van der Waals surface area contributed by atoms with Crippen LogP contribution in [0.1, 0.15) is 28.4 Å². The Bertz CT molecular complexity index is 795. The lowest BCUT2D eigenvalue weighted by atomic mass is 10.2. The van der Waals surface area contributed by atoms with E-state index in [2.05, 4.69) is 21.2 Å². The number of nitrogens with two attached hydrogens (primary N) is 1. The Kier molecular flexibility index (Phi) is 3.73. The lowest BCUT2D eigenvalue weighted by Crippen LogP contribution is -2.26. The SMILES string of the molecule is CC(NC(=O)c1sc2ccc(Br)cc2c1N)c1ccco1. The summed E-state index contributed by atoms with van der Waals surface area (Å²) in [7, 11) is 0. The fourth-order valence-electron chi connectivity index (χ4n) is 2.13. The van der Waals surface area contributed by atoms with Crippen molar-refractivity contribution in [3.8, 4) is 0 Å². The van der Waals surface area contributed by atoms with Crippen LogP contribution in [-0.4, -0.2) is 5.91 Å². The zero-order valence-corrected chi connectivity index (χ0v) is 13.6. The summed E-state index contributed by atoms with van der Waals surface area (Å²) in [6.07, 6.45) is 1.59. The van der Waals surface area contributed by atoms with Crippen LogP contribution < -0.4 is 11.1 Å². The van der Waals surface area contributed by atoms with E-state index in [9.17, 15) is 4.79 Å². The largest absolute Gasteiger partial charge is 0.467 e. The zero-order chi connectivity index (χ0) is 15.0. The monoisotopic (exact) mass is 364 g/mol. The number of hydrogen-bond acceptors (Lipinski definition) is 4. The Morgan fingerprint density at radius 3 is 2.95 bits per heavy atom. The van der Waals surface area contributed by atoms with E-state index < -0.39 is 0 Å². The first-order valence-corrected chi connectivity index (χ1v) is 7.99. The molecule has 3 rings (SSSR count). The summed E-state index contributed by atoms with van der Waals surface area (Å²) < 4.78 is 7.22. The number of nitrogen functional groups attached to an aromatic ring is 1. The maximum absolute atomic E-state index is 12.4. The van der Waals surface area contributed by atoms with Gasteiger partial charge in [-0.05, 0) is 37.3 Å². The molecule has 0 saturated heterocycles. The fraction of sp³-hybridized carbons (Fsp3) is 0.133. The van der Waals surface area contributed by atoms with Gasteiger partial charge < -0.3 is 15.5 Å². The van der Waals surface area contributed by atoms with Gasteiger partial charge in [0.1, 0.15) is 10.6 Å². The number of amides is 1. The first-order valence-electron chi connectivity index (χ1n) is 6.38. The van der Waals surface area contributed by atoms with Crippen molar-refractivity contribution < 1.29 is 9.21 Å². The topological polar surface area (TPSA) is 68.3 Å². The normalized spacial score (nSPS) is 12.5. The lowest BCUT2D eigenvalue weighted by Gasteiger charge is -2.10. The third-order valence-corrected chi connectivity index (χ3v) is 4.89. The van der Waals surface area contributed by atoms with E-state index in [4.69, 9.17) is 10.2 Å². The second kappa shape index (κ2) is 5.54. The minimum absolute atomic E-state index is 0.186. The molecule has 108 valence electrons. The number of hydrogen-bond donors (Lipinski definition) is 2. The maximum atomic E-state index is 12.4. The number of nitrogens with one attached hydrogen (secondary N) is 1. The molecule has 1 unspecified atom stereocenters. The molecule has 4 nitrogen and oxygen atoms in total. The Morgan fingerprint density at radius 1 is 1.43 bits per heavy atom. The minimum Gasteiger partial charge on any atom is -0.467 e. The summed E-state index contributed by atoms with van der Waals surface area (Å²) in [5.41, 5.74) is 6.62. The van der Waals surface area contributed by atoms with Crippen molar-refractivity contribution in [1.82, 2.24) is 5.32 Å². The van der Waals surface area contributed by atoms with Crippen molar-refractivity contribution in [1.29, 1.82) is 0 Å². The molecule has 1 aromatic carbocycles. The number of halogens is 1. The fourth-order valence-corrected chi connectivity index (χ4v) is 3.50. The summed E-state index contributed by atoms with van der Waals surface area (Å²) in [5.74, 6) is 0.527. The van der Waals surface area contributed by atoms with Gasteiger partial charge in [-0.25, -0.2) is 0 Å². The van der Waals surface area contributed by atoms with Crippen molar-refractivity contribution >= 4 is 48.9 Å². The molecule has 0 saturated carbocycles. The number of rotatable bonds is 3. The molecule has 3 N–H and O–H groups in total. The van der Waals surface area contributed by atoms with E-state index in [1.165, 1.54) is 11.3 Å². The molecule has 0 bridgehead atoms. The van der Waals surface area contributed by atoms with Crippen LogP contribution in [0.15, 0.2) is 45.5 Å². The van der Waals surface area contributed by atoms with Crippen molar-refractivity contribution in [3.05, 3.63) is 51.7 Å². The van der Waals surface area contributed by atoms with Crippen LogP contribution >= 0.6 is 27.3 Å². The van der Waals surface area contributed by atoms with Gasteiger partial charge in [-0.2, -0.15) is 0 Å². The van der Waals surface area contributed by atoms with Gasteiger partial charge in [0.05, 0.1) is 18.0 Å². The highest BCUT2D eigenvalue weighted by molar-refractivity contribution is 9.10. The second-order valence-electron chi connectivity index (χ2n) is 4.70. The molecule has 0 radical (unpaired) electrons. The number of thiophene rings is 1. The van der Waals surface area contributed by atoms with Gasteiger partial charge in [-0.3, -0.25) is 4.79 Å². The standard InChI is InChI=1S/C15H13BrN2O2S/c1-8(11-3-2-6-20-11)18-15(19)14-13(17)10-7-9(16)4-5-12(10)21-14/h2-8H,17H2,1H3,(H,18,19). The molecule has 6 heteroatoms. The maximum Gasteiger partial charge on any atom is 0.264 e. The van der Waals surface area contributed by atoms with E-state index in [1.807, 2.05) is 31.2 Å². The molecule has 0 aliphatic heterocycles. The van der Waals surface area contributed by atoms with E-state index >= 15 is 0 Å². The summed E-state index contributed by atoms with van der Waals surface area (Å²) >= 11 is 4.81. The molecule has 2 heterocycles. The van der Waals surface area contributed by atoms with Gasteiger partial charge in [0.25, 0.3) is 5.91 Å². The van der Waals surface area contributed by atoms with Crippen LogP contribution in [0.2, 0.25) is 0 Å². The van der Waals surface area contributed by atoms with Gasteiger partial charge >= 0.3 is 0 Å². The third-order valence-electron chi connectivity index (χ3n) is 3.21. The Hall–Kier alpha value is -1.79. The first kappa shape index (κ1) is 14.2. The number of carbonyl (C=O) groups excluding carboxylic acids is 1. The van der Waals surface area contributed by atoms with Crippen LogP contribution in [0.3, 0.4) is 0 Å². The molecule has 1 atom stereocenters. The van der Waals surface area contributed by atoms with Crippen LogP contribution in [0, 0.1) is 0 Å². The Labute approximate surface area is 134 Å². The van der Waals surface area contributed by atoms with Crippen molar-refractivity contribution in [2.75, 3.05) is 5.73 Å². The molecule has 0 aliphatic rings. The van der Waals surface area contributed by atoms with E-state index in [-0.39, 0.29) is 11.9 Å². The number of anilines is 1. The highest BCUT2D eigenvalue weighted by Crippen LogP contribution is 2.35. The lowest BCUT2D eigenvalue weighted by molar-refractivity contribution is 0.0940. The molecular formula is C15H13BrN2O2S. The van der Waals surface area contributed by atoms with Crippen molar-refractivity contribution in [3.63, 3.8) is 0 Å². The molecule has 3 aromatic rings. The van der Waals surface area contributed by atoms with Crippen molar-refractivity contribution in [2.45, 2.75) is 13.0 Å². The van der Waals surface area contributed by atoms with Gasteiger partial charge in [-0.15, -0.1) is 11.3 Å². The molecular weight excluding hydrogens is 352 g/mol. The summed E-state index contributed by atoms with van der Waals surface area (Å²) in [5, 5.41) is 3.79. The van der Waals surface area contributed by atoms with Crippen LogP contribution in [0.4, 0.5) is 5.69 Å². The zero-order valence-electron chi connectivity index (χ0n) is 11.2. The average molecular weight is 365 g/mol. The molecule has 2 aromatic heterocycles. The van der Waals surface area contributed by atoms with E-state index in [0.717, 1.165) is 14.6 Å². The molecule has 0 fully saturated rings. The predicted molar refractivity (Wildman–Crippen MR) is 88.5 cm³/mol. The van der Waals surface area contributed by atoms with E-state index in [0.29, 0.717) is 16.3 Å². The van der Waals surface area contributed by atoms with Gasteiger partial charge in [0.2, 0.25) is 0 Å². The second-order valence-corrected chi connectivity index (χ2v) is 6.66. The predicted octanol–water partition coefficient (Wildman–Crippen LogP) is 4.33. The van der Waals surface area contributed by atoms with Crippen LogP contribution in [-0.2, 0) is 0 Å². The molecule has 0 aliphatic carbocycles. The Balaban J connectivity index is 1.89. The highest BCUT2D eigenvalue weighted by atomic mass is 79.9. The number of carbonyl (C=O) groups is 1. The number of benzene rings is 1. The molecule has 0 spiro atoms. The summed E-state index contributed by atoms with van der Waals surface area (Å²) in [6.45, 7) is 1.87. The number of furan rings is 1. The quantitative estimate of drug-likeness (QED) is 0.726. The summed E-state index contributed by atoms with van der Waals surface area (Å²) in [6, 6.07) is 9.23. The molecule has 1 amide bonds. The minimum atomic E-state index is -0.205. The highest BCUT2D eigenvalue weighted by Gasteiger charge is 2.19. The average Bonchev–Trinajstić information content (AvgIpc) is 3.08.